The molecule has 0 N–H and O–H groups in total. The first-order chi connectivity index (χ1) is 7.33. The lowest BCUT2D eigenvalue weighted by atomic mass is 9.85. The minimum atomic E-state index is -0.192. The fourth-order valence-electron chi connectivity index (χ4n) is 1.86. The van der Waals surface area contributed by atoms with Gasteiger partial charge in [0.1, 0.15) is 0 Å². The molecule has 2 rings (SSSR count). The second-order valence-electron chi connectivity index (χ2n) is 3.60. The van der Waals surface area contributed by atoms with Crippen LogP contribution in [0, 0.1) is 17.2 Å². The predicted octanol–water partition coefficient (Wildman–Crippen LogP) is 3.18. The van der Waals surface area contributed by atoms with Crippen LogP contribution in [0.3, 0.4) is 0 Å². The van der Waals surface area contributed by atoms with E-state index in [0.29, 0.717) is 5.57 Å². The van der Waals surface area contributed by atoms with Gasteiger partial charge in [0.15, 0.2) is 5.78 Å². The molecule has 0 saturated heterocycles. The zero-order chi connectivity index (χ0) is 10.7. The molecular weight excluding hydrogens is 206 g/mol. The van der Waals surface area contributed by atoms with Gasteiger partial charge in [-0.25, -0.2) is 0 Å². The molecule has 1 aliphatic carbocycles. The topological polar surface area (TPSA) is 40.9 Å². The summed E-state index contributed by atoms with van der Waals surface area (Å²) in [5.74, 6) is -0.0834. The van der Waals surface area contributed by atoms with Gasteiger partial charge in [-0.3, -0.25) is 4.79 Å². The number of ketones is 1. The molecule has 2 nitrogen and oxygen atoms in total. The number of carbonyl (C=O) groups is 1. The normalized spacial score (nSPS) is 20.5. The van der Waals surface area contributed by atoms with Gasteiger partial charge in [-0.05, 0) is 30.7 Å². The number of nitrogens with zero attached hydrogens (tertiary/aromatic N) is 1. The highest BCUT2D eigenvalue weighted by Gasteiger charge is 2.26. The summed E-state index contributed by atoms with van der Waals surface area (Å²) in [6.45, 7) is 0. The summed E-state index contributed by atoms with van der Waals surface area (Å²) in [6, 6.07) is 5.84. The molecular formula is C12H11NOS. The molecule has 3 heteroatoms. The van der Waals surface area contributed by atoms with Gasteiger partial charge in [-0.1, -0.05) is 12.1 Å². The smallest absolute Gasteiger partial charge is 0.180 e. The number of hydrogen-bond acceptors (Lipinski definition) is 3. The summed E-state index contributed by atoms with van der Waals surface area (Å²) < 4.78 is 0. The molecule has 0 radical (unpaired) electrons. The molecule has 1 unspecified atom stereocenters. The molecule has 0 bridgehead atoms. The maximum absolute atomic E-state index is 12.0. The zero-order valence-corrected chi connectivity index (χ0v) is 9.09. The Kier molecular flexibility index (Phi) is 2.98. The van der Waals surface area contributed by atoms with Gasteiger partial charge in [0, 0.05) is 5.57 Å². The molecule has 1 atom stereocenters. The van der Waals surface area contributed by atoms with E-state index < -0.39 is 0 Å². The average Bonchev–Trinajstić information content (AvgIpc) is 2.81. The van der Waals surface area contributed by atoms with Crippen LogP contribution in [0.2, 0.25) is 0 Å². The first-order valence-electron chi connectivity index (χ1n) is 5.01. The van der Waals surface area contributed by atoms with Crippen LogP contribution in [0.15, 0.2) is 29.2 Å². The highest BCUT2D eigenvalue weighted by molar-refractivity contribution is 7.12. The summed E-state index contributed by atoms with van der Waals surface area (Å²) >= 11 is 1.45. The fraction of sp³-hybridized carbons (Fsp3) is 0.333. The van der Waals surface area contributed by atoms with E-state index in [1.54, 1.807) is 0 Å². The molecule has 1 aromatic heterocycles. The van der Waals surface area contributed by atoms with E-state index in [1.165, 1.54) is 11.3 Å². The maximum Gasteiger partial charge on any atom is 0.180 e. The Hall–Kier alpha value is -1.40. The van der Waals surface area contributed by atoms with Crippen molar-refractivity contribution >= 4 is 17.1 Å². The second kappa shape index (κ2) is 4.41. The Morgan fingerprint density at radius 2 is 2.47 bits per heavy atom. The van der Waals surface area contributed by atoms with Crippen LogP contribution in [-0.4, -0.2) is 5.78 Å². The Bertz CT molecular complexity index is 425. The highest BCUT2D eigenvalue weighted by atomic mass is 32.1. The first-order valence-corrected chi connectivity index (χ1v) is 5.89. The van der Waals surface area contributed by atoms with Gasteiger partial charge >= 0.3 is 0 Å². The quantitative estimate of drug-likeness (QED) is 0.714. The third-order valence-corrected chi connectivity index (χ3v) is 3.53. The van der Waals surface area contributed by atoms with Crippen LogP contribution >= 0.6 is 11.3 Å². The maximum atomic E-state index is 12.0. The monoisotopic (exact) mass is 217 g/mol. The van der Waals surface area contributed by atoms with E-state index in [4.69, 9.17) is 5.26 Å². The van der Waals surface area contributed by atoms with Crippen molar-refractivity contribution in [1.82, 2.24) is 0 Å². The van der Waals surface area contributed by atoms with Crippen molar-refractivity contribution in [2.45, 2.75) is 19.3 Å². The van der Waals surface area contributed by atoms with Crippen LogP contribution in [0.4, 0.5) is 0 Å². The van der Waals surface area contributed by atoms with E-state index in [0.717, 1.165) is 24.1 Å². The van der Waals surface area contributed by atoms with Crippen LogP contribution in [0.1, 0.15) is 28.9 Å². The van der Waals surface area contributed by atoms with E-state index >= 15 is 0 Å². The van der Waals surface area contributed by atoms with Crippen molar-refractivity contribution in [3.63, 3.8) is 0 Å². The minimum Gasteiger partial charge on any atom is -0.293 e. The van der Waals surface area contributed by atoms with Gasteiger partial charge < -0.3 is 0 Å². The molecule has 0 aliphatic heterocycles. The average molecular weight is 217 g/mol. The standard InChI is InChI=1S/C12H11NOS/c13-8-9-4-1-2-5-10(9)12(14)11-6-3-7-15-11/h3-4,6-7,10H,1-2,5H2. The highest BCUT2D eigenvalue weighted by Crippen LogP contribution is 2.28. The number of thiophene rings is 1. The lowest BCUT2D eigenvalue weighted by Gasteiger charge is -2.17. The van der Waals surface area contributed by atoms with Gasteiger partial charge in [0.25, 0.3) is 0 Å². The van der Waals surface area contributed by atoms with Crippen LogP contribution in [0.5, 0.6) is 0 Å². The molecule has 1 heterocycles. The second-order valence-corrected chi connectivity index (χ2v) is 4.54. The largest absolute Gasteiger partial charge is 0.293 e. The summed E-state index contributed by atoms with van der Waals surface area (Å²) in [4.78, 5) is 12.8. The van der Waals surface area contributed by atoms with Gasteiger partial charge in [-0.15, -0.1) is 11.3 Å². The molecule has 0 aromatic carbocycles. The Balaban J connectivity index is 2.24. The summed E-state index contributed by atoms with van der Waals surface area (Å²) in [5, 5.41) is 10.8. The molecule has 0 saturated carbocycles. The Morgan fingerprint density at radius 3 is 3.13 bits per heavy atom. The SMILES string of the molecule is N#CC1=CCCCC1C(=O)c1cccs1. The predicted molar refractivity (Wildman–Crippen MR) is 59.7 cm³/mol. The van der Waals surface area contributed by atoms with Crippen molar-refractivity contribution in [2.75, 3.05) is 0 Å². The van der Waals surface area contributed by atoms with Crippen LogP contribution in [0.25, 0.3) is 0 Å². The minimum absolute atomic E-state index is 0.109. The molecule has 0 spiro atoms. The third-order valence-electron chi connectivity index (χ3n) is 2.65. The van der Waals surface area contributed by atoms with Crippen LogP contribution < -0.4 is 0 Å². The number of Topliss-reactive ketones (excluding diaryl/α,β-unsaturated/α-hetero) is 1. The number of carbonyl (C=O) groups excluding carboxylic acids is 1. The number of hydrogen-bond donors (Lipinski definition) is 0. The lowest BCUT2D eigenvalue weighted by Crippen LogP contribution is -2.18. The molecule has 1 aliphatic rings. The zero-order valence-electron chi connectivity index (χ0n) is 8.27. The molecule has 0 amide bonds. The molecule has 0 fully saturated rings. The van der Waals surface area contributed by atoms with Gasteiger partial charge in [-0.2, -0.15) is 5.26 Å². The van der Waals surface area contributed by atoms with Crippen molar-refractivity contribution in [3.05, 3.63) is 34.0 Å². The van der Waals surface area contributed by atoms with E-state index in [9.17, 15) is 4.79 Å². The van der Waals surface area contributed by atoms with E-state index in [-0.39, 0.29) is 11.7 Å². The molecule has 1 aromatic rings. The number of nitriles is 1. The Labute approximate surface area is 92.8 Å². The first kappa shape index (κ1) is 10.1. The van der Waals surface area contributed by atoms with Crippen molar-refractivity contribution < 1.29 is 4.79 Å². The van der Waals surface area contributed by atoms with Crippen LogP contribution in [-0.2, 0) is 0 Å². The summed E-state index contributed by atoms with van der Waals surface area (Å²) in [6.07, 6.45) is 4.65. The number of allylic oxidation sites excluding steroid dienone is 2. The summed E-state index contributed by atoms with van der Waals surface area (Å²) in [5.41, 5.74) is 0.652. The Morgan fingerprint density at radius 1 is 1.60 bits per heavy atom. The number of rotatable bonds is 2. The van der Waals surface area contributed by atoms with Crippen molar-refractivity contribution in [2.24, 2.45) is 5.92 Å². The van der Waals surface area contributed by atoms with E-state index in [1.807, 2.05) is 23.6 Å². The van der Waals surface area contributed by atoms with Gasteiger partial charge in [0.05, 0.1) is 16.9 Å². The summed E-state index contributed by atoms with van der Waals surface area (Å²) in [7, 11) is 0. The fourth-order valence-corrected chi connectivity index (χ4v) is 2.58. The molecule has 76 valence electrons. The van der Waals surface area contributed by atoms with Crippen molar-refractivity contribution in [3.8, 4) is 6.07 Å². The third kappa shape index (κ3) is 2.00. The van der Waals surface area contributed by atoms with Crippen molar-refractivity contribution in [1.29, 1.82) is 5.26 Å². The lowest BCUT2D eigenvalue weighted by molar-refractivity contribution is 0.0936. The van der Waals surface area contributed by atoms with Gasteiger partial charge in [0.2, 0.25) is 0 Å². The van der Waals surface area contributed by atoms with E-state index in [2.05, 4.69) is 6.07 Å². The molecule has 15 heavy (non-hydrogen) atoms.